The standard InChI is InChI=1S/C16H20FN3S/c1-11-8-18-15(19-9-11)21-14-6-5-13(17)7-12(14)10-20-16(2,3)4/h5-9,20H,10H2,1-4H3. The second-order valence-corrected chi connectivity index (χ2v) is 7.01. The van der Waals surface area contributed by atoms with Crippen molar-refractivity contribution in [2.45, 2.75) is 49.8 Å². The number of halogens is 1. The van der Waals surface area contributed by atoms with E-state index in [0.717, 1.165) is 16.0 Å². The van der Waals surface area contributed by atoms with Crippen molar-refractivity contribution < 1.29 is 4.39 Å². The van der Waals surface area contributed by atoms with Crippen molar-refractivity contribution in [3.8, 4) is 0 Å². The van der Waals surface area contributed by atoms with Gasteiger partial charge in [-0.1, -0.05) is 0 Å². The van der Waals surface area contributed by atoms with Crippen LogP contribution in [0.4, 0.5) is 4.39 Å². The Bertz CT molecular complexity index is 606. The van der Waals surface area contributed by atoms with Crippen LogP contribution in [0.15, 0.2) is 40.6 Å². The molecule has 1 heterocycles. The minimum Gasteiger partial charge on any atom is -0.308 e. The van der Waals surface area contributed by atoms with Gasteiger partial charge in [0, 0.05) is 29.4 Å². The lowest BCUT2D eigenvalue weighted by Crippen LogP contribution is -2.35. The molecular weight excluding hydrogens is 285 g/mol. The molecule has 0 fully saturated rings. The monoisotopic (exact) mass is 305 g/mol. The van der Waals surface area contributed by atoms with Crippen LogP contribution in [-0.2, 0) is 6.54 Å². The number of aromatic nitrogens is 2. The zero-order chi connectivity index (χ0) is 15.5. The highest BCUT2D eigenvalue weighted by Gasteiger charge is 2.12. The maximum absolute atomic E-state index is 13.5. The Hall–Kier alpha value is -1.46. The molecule has 1 aromatic carbocycles. The molecule has 0 aliphatic carbocycles. The van der Waals surface area contributed by atoms with Crippen LogP contribution in [0.2, 0.25) is 0 Å². The summed E-state index contributed by atoms with van der Waals surface area (Å²) in [5, 5.41) is 4.05. The van der Waals surface area contributed by atoms with Gasteiger partial charge in [-0.15, -0.1) is 0 Å². The number of hydrogen-bond donors (Lipinski definition) is 1. The molecule has 21 heavy (non-hydrogen) atoms. The van der Waals surface area contributed by atoms with E-state index in [4.69, 9.17) is 0 Å². The lowest BCUT2D eigenvalue weighted by atomic mass is 10.1. The summed E-state index contributed by atoms with van der Waals surface area (Å²) in [5.41, 5.74) is 1.92. The fraction of sp³-hybridized carbons (Fsp3) is 0.375. The topological polar surface area (TPSA) is 37.8 Å². The van der Waals surface area contributed by atoms with Crippen LogP contribution in [0.3, 0.4) is 0 Å². The van der Waals surface area contributed by atoms with E-state index in [-0.39, 0.29) is 11.4 Å². The minimum absolute atomic E-state index is 0.0192. The van der Waals surface area contributed by atoms with Gasteiger partial charge in [0.25, 0.3) is 0 Å². The highest BCUT2D eigenvalue weighted by molar-refractivity contribution is 7.99. The minimum atomic E-state index is -0.227. The zero-order valence-corrected chi connectivity index (χ0v) is 13.6. The first-order valence-corrected chi connectivity index (χ1v) is 7.65. The third-order valence-electron chi connectivity index (χ3n) is 2.79. The average Bonchev–Trinajstić information content (AvgIpc) is 2.40. The second-order valence-electron chi connectivity index (χ2n) is 6.00. The molecule has 0 saturated heterocycles. The van der Waals surface area contributed by atoms with E-state index in [0.29, 0.717) is 11.7 Å². The van der Waals surface area contributed by atoms with Crippen molar-refractivity contribution in [3.63, 3.8) is 0 Å². The highest BCUT2D eigenvalue weighted by Crippen LogP contribution is 2.28. The molecule has 0 unspecified atom stereocenters. The Morgan fingerprint density at radius 1 is 1.19 bits per heavy atom. The highest BCUT2D eigenvalue weighted by atomic mass is 32.2. The Morgan fingerprint density at radius 3 is 2.48 bits per heavy atom. The van der Waals surface area contributed by atoms with E-state index < -0.39 is 0 Å². The number of benzene rings is 1. The summed E-state index contributed by atoms with van der Waals surface area (Å²) in [6, 6.07) is 4.81. The van der Waals surface area contributed by atoms with Crippen molar-refractivity contribution in [2.75, 3.05) is 0 Å². The number of rotatable bonds is 4. The Balaban J connectivity index is 2.20. The van der Waals surface area contributed by atoms with Crippen LogP contribution >= 0.6 is 11.8 Å². The Kier molecular flexibility index (Phi) is 4.96. The van der Waals surface area contributed by atoms with Crippen LogP contribution in [-0.4, -0.2) is 15.5 Å². The van der Waals surface area contributed by atoms with E-state index in [9.17, 15) is 4.39 Å². The first-order chi connectivity index (χ1) is 9.83. The van der Waals surface area contributed by atoms with Gasteiger partial charge in [0.1, 0.15) is 5.82 Å². The molecule has 2 aromatic rings. The van der Waals surface area contributed by atoms with E-state index in [1.165, 1.54) is 17.8 Å². The average molecular weight is 305 g/mol. The van der Waals surface area contributed by atoms with E-state index in [2.05, 4.69) is 36.1 Å². The fourth-order valence-corrected chi connectivity index (χ4v) is 2.48. The molecular formula is C16H20FN3S. The predicted molar refractivity (Wildman–Crippen MR) is 83.9 cm³/mol. The summed E-state index contributed by atoms with van der Waals surface area (Å²) in [7, 11) is 0. The fourth-order valence-electron chi connectivity index (χ4n) is 1.68. The molecule has 5 heteroatoms. The lowest BCUT2D eigenvalue weighted by Gasteiger charge is -2.21. The summed E-state index contributed by atoms with van der Waals surface area (Å²) in [4.78, 5) is 9.54. The van der Waals surface area contributed by atoms with Gasteiger partial charge in [0.15, 0.2) is 5.16 Å². The normalized spacial score (nSPS) is 11.7. The summed E-state index contributed by atoms with van der Waals surface area (Å²) in [6.45, 7) is 8.81. The first kappa shape index (κ1) is 15.9. The molecule has 0 saturated carbocycles. The molecule has 3 nitrogen and oxygen atoms in total. The van der Waals surface area contributed by atoms with Crippen LogP contribution in [0, 0.1) is 12.7 Å². The van der Waals surface area contributed by atoms with Gasteiger partial charge >= 0.3 is 0 Å². The van der Waals surface area contributed by atoms with Crippen LogP contribution in [0.1, 0.15) is 31.9 Å². The van der Waals surface area contributed by atoms with Crippen LogP contribution in [0.25, 0.3) is 0 Å². The third-order valence-corrected chi connectivity index (χ3v) is 3.80. The number of aryl methyl sites for hydroxylation is 1. The van der Waals surface area contributed by atoms with Crippen molar-refractivity contribution in [2.24, 2.45) is 0 Å². The van der Waals surface area contributed by atoms with Gasteiger partial charge in [-0.25, -0.2) is 14.4 Å². The van der Waals surface area contributed by atoms with Gasteiger partial charge in [-0.3, -0.25) is 0 Å². The van der Waals surface area contributed by atoms with Crippen molar-refractivity contribution in [3.05, 3.63) is 47.5 Å². The molecule has 0 bridgehead atoms. The third kappa shape index (κ3) is 5.10. The van der Waals surface area contributed by atoms with Crippen molar-refractivity contribution in [1.82, 2.24) is 15.3 Å². The molecule has 0 aliphatic rings. The lowest BCUT2D eigenvalue weighted by molar-refractivity contribution is 0.422. The van der Waals surface area contributed by atoms with Gasteiger partial charge in [0.2, 0.25) is 0 Å². The predicted octanol–water partition coefficient (Wildman–Crippen LogP) is 3.96. The van der Waals surface area contributed by atoms with E-state index in [1.54, 1.807) is 24.5 Å². The van der Waals surface area contributed by atoms with Crippen molar-refractivity contribution >= 4 is 11.8 Å². The molecule has 0 atom stereocenters. The maximum Gasteiger partial charge on any atom is 0.192 e. The van der Waals surface area contributed by atoms with E-state index >= 15 is 0 Å². The Morgan fingerprint density at radius 2 is 1.86 bits per heavy atom. The quantitative estimate of drug-likeness (QED) is 0.868. The molecule has 112 valence electrons. The SMILES string of the molecule is Cc1cnc(Sc2ccc(F)cc2CNC(C)(C)C)nc1. The molecule has 1 N–H and O–H groups in total. The zero-order valence-electron chi connectivity index (χ0n) is 12.8. The van der Waals surface area contributed by atoms with Crippen LogP contribution in [0.5, 0.6) is 0 Å². The van der Waals surface area contributed by atoms with Gasteiger partial charge in [-0.05, 0) is 68.8 Å². The van der Waals surface area contributed by atoms with Gasteiger partial charge < -0.3 is 5.32 Å². The molecule has 0 amide bonds. The smallest absolute Gasteiger partial charge is 0.192 e. The molecule has 0 aliphatic heterocycles. The maximum atomic E-state index is 13.5. The summed E-state index contributed by atoms with van der Waals surface area (Å²) >= 11 is 1.45. The van der Waals surface area contributed by atoms with E-state index in [1.807, 2.05) is 6.92 Å². The number of nitrogens with one attached hydrogen (secondary N) is 1. The molecule has 0 radical (unpaired) electrons. The van der Waals surface area contributed by atoms with Crippen LogP contribution < -0.4 is 5.32 Å². The molecule has 0 spiro atoms. The van der Waals surface area contributed by atoms with Crippen molar-refractivity contribution in [1.29, 1.82) is 0 Å². The Labute approximate surface area is 129 Å². The summed E-state index contributed by atoms with van der Waals surface area (Å²) < 4.78 is 13.5. The second kappa shape index (κ2) is 6.54. The molecule has 2 rings (SSSR count). The number of nitrogens with zero attached hydrogens (tertiary/aromatic N) is 2. The van der Waals surface area contributed by atoms with Gasteiger partial charge in [0.05, 0.1) is 0 Å². The first-order valence-electron chi connectivity index (χ1n) is 6.83. The summed E-state index contributed by atoms with van der Waals surface area (Å²) in [5.74, 6) is -0.227. The largest absolute Gasteiger partial charge is 0.308 e. The number of hydrogen-bond acceptors (Lipinski definition) is 4. The molecule has 1 aromatic heterocycles. The van der Waals surface area contributed by atoms with Gasteiger partial charge in [-0.2, -0.15) is 0 Å². The summed E-state index contributed by atoms with van der Waals surface area (Å²) in [6.07, 6.45) is 3.57.